The second kappa shape index (κ2) is 5.14. The summed E-state index contributed by atoms with van der Waals surface area (Å²) in [6, 6.07) is -0.0535. The first-order chi connectivity index (χ1) is 5.49. The van der Waals surface area contributed by atoms with Crippen LogP contribution in [0.25, 0.3) is 0 Å². The Kier molecular flexibility index (Phi) is 5.21. The fraction of sp³-hybridized carbons (Fsp3) is 1.00. The molecule has 0 aromatic heterocycles. The van der Waals surface area contributed by atoms with Crippen LogP contribution in [-0.2, 0) is 10.0 Å². The normalized spacial score (nSPS) is 29.4. The monoisotopic (exact) mass is 228 g/mol. The van der Waals surface area contributed by atoms with E-state index in [1.807, 2.05) is 0 Å². The highest BCUT2D eigenvalue weighted by molar-refractivity contribution is 7.88. The molecule has 80 valence electrons. The number of hydrogen-bond acceptors (Lipinski definition) is 3. The average molecular weight is 229 g/mol. The van der Waals surface area contributed by atoms with Gasteiger partial charge in [0.1, 0.15) is 0 Å². The quantitative estimate of drug-likeness (QED) is 0.711. The largest absolute Gasteiger partial charge is 0.326 e. The Hall–Kier alpha value is 0.160. The number of rotatable bonds is 2. The average Bonchev–Trinajstić information content (AvgIpc) is 1.91. The van der Waals surface area contributed by atoms with Gasteiger partial charge >= 0.3 is 0 Å². The van der Waals surface area contributed by atoms with Gasteiger partial charge in [0.05, 0.1) is 6.26 Å². The third-order valence-corrected chi connectivity index (χ3v) is 2.92. The van der Waals surface area contributed by atoms with Crippen LogP contribution in [0.4, 0.5) is 0 Å². The van der Waals surface area contributed by atoms with Crippen molar-refractivity contribution in [1.29, 1.82) is 0 Å². The van der Waals surface area contributed by atoms with Gasteiger partial charge in [-0.3, -0.25) is 0 Å². The van der Waals surface area contributed by atoms with Crippen LogP contribution in [-0.4, -0.2) is 26.8 Å². The first-order valence-corrected chi connectivity index (χ1v) is 6.11. The maximum atomic E-state index is 10.9. The highest BCUT2D eigenvalue weighted by Crippen LogP contribution is 2.17. The maximum Gasteiger partial charge on any atom is 0.209 e. The molecule has 1 fully saturated rings. The molecule has 0 amide bonds. The highest BCUT2D eigenvalue weighted by Gasteiger charge is 2.23. The SMILES string of the molecule is CS(=O)(=O)NC1CCCCC1N.Cl. The molecule has 0 heterocycles. The lowest BCUT2D eigenvalue weighted by Gasteiger charge is -2.28. The van der Waals surface area contributed by atoms with Gasteiger partial charge in [-0.05, 0) is 12.8 Å². The minimum Gasteiger partial charge on any atom is -0.326 e. The van der Waals surface area contributed by atoms with Crippen molar-refractivity contribution in [3.05, 3.63) is 0 Å². The standard InChI is InChI=1S/C7H16N2O2S.ClH/c1-12(10,11)9-7-5-3-2-4-6(7)8;/h6-7,9H,2-5,8H2,1H3;1H. The molecule has 2 atom stereocenters. The van der Waals surface area contributed by atoms with Gasteiger partial charge in [0.15, 0.2) is 0 Å². The zero-order chi connectivity index (χ0) is 9.19. The summed E-state index contributed by atoms with van der Waals surface area (Å²) in [4.78, 5) is 0. The Morgan fingerprint density at radius 3 is 2.31 bits per heavy atom. The van der Waals surface area contributed by atoms with Gasteiger partial charge in [-0.1, -0.05) is 12.8 Å². The molecule has 0 saturated heterocycles. The van der Waals surface area contributed by atoms with Crippen LogP contribution in [0.1, 0.15) is 25.7 Å². The minimum atomic E-state index is -3.09. The van der Waals surface area contributed by atoms with Gasteiger partial charge in [-0.15, -0.1) is 12.4 Å². The molecule has 0 bridgehead atoms. The van der Waals surface area contributed by atoms with Crippen LogP contribution in [0.5, 0.6) is 0 Å². The van der Waals surface area contributed by atoms with E-state index in [0.717, 1.165) is 25.7 Å². The van der Waals surface area contributed by atoms with Crippen LogP contribution in [0.2, 0.25) is 0 Å². The van der Waals surface area contributed by atoms with E-state index in [0.29, 0.717) is 0 Å². The molecule has 2 unspecified atom stereocenters. The third kappa shape index (κ3) is 4.81. The van der Waals surface area contributed by atoms with Crippen molar-refractivity contribution in [2.75, 3.05) is 6.26 Å². The molecular weight excluding hydrogens is 212 g/mol. The van der Waals surface area contributed by atoms with Crippen molar-refractivity contribution in [3.63, 3.8) is 0 Å². The molecule has 0 radical (unpaired) electrons. The Labute approximate surface area is 85.7 Å². The summed E-state index contributed by atoms with van der Waals surface area (Å²) in [7, 11) is -3.09. The number of nitrogens with one attached hydrogen (secondary N) is 1. The molecule has 0 spiro atoms. The van der Waals surface area contributed by atoms with E-state index in [1.54, 1.807) is 0 Å². The molecule has 1 rings (SSSR count). The second-order valence-corrected chi connectivity index (χ2v) is 5.22. The summed E-state index contributed by atoms with van der Waals surface area (Å²) >= 11 is 0. The molecule has 1 saturated carbocycles. The Bertz CT molecular complexity index is 243. The summed E-state index contributed by atoms with van der Waals surface area (Å²) in [5.74, 6) is 0. The predicted molar refractivity (Wildman–Crippen MR) is 55.5 cm³/mol. The van der Waals surface area contributed by atoms with Gasteiger partial charge in [-0.25, -0.2) is 13.1 Å². The van der Waals surface area contributed by atoms with Gasteiger partial charge in [0.2, 0.25) is 10.0 Å². The molecular formula is C7H17ClN2O2S. The fourth-order valence-corrected chi connectivity index (χ4v) is 2.42. The van der Waals surface area contributed by atoms with Crippen molar-refractivity contribution >= 4 is 22.4 Å². The van der Waals surface area contributed by atoms with E-state index in [-0.39, 0.29) is 24.5 Å². The Balaban J connectivity index is 0.00000144. The summed E-state index contributed by atoms with van der Waals surface area (Å²) < 4.78 is 24.3. The first-order valence-electron chi connectivity index (χ1n) is 4.22. The minimum absolute atomic E-state index is 0. The lowest BCUT2D eigenvalue weighted by atomic mass is 9.92. The van der Waals surface area contributed by atoms with Crippen molar-refractivity contribution in [3.8, 4) is 0 Å². The smallest absolute Gasteiger partial charge is 0.209 e. The van der Waals surface area contributed by atoms with Gasteiger partial charge in [0.25, 0.3) is 0 Å². The molecule has 0 aromatic carbocycles. The third-order valence-electron chi connectivity index (χ3n) is 2.18. The summed E-state index contributed by atoms with van der Waals surface area (Å²) in [6.07, 6.45) is 5.15. The molecule has 6 heteroatoms. The number of sulfonamides is 1. The van der Waals surface area contributed by atoms with Crippen LogP contribution in [0.3, 0.4) is 0 Å². The van der Waals surface area contributed by atoms with Crippen molar-refractivity contribution < 1.29 is 8.42 Å². The van der Waals surface area contributed by atoms with Crippen molar-refractivity contribution in [2.24, 2.45) is 5.73 Å². The van der Waals surface area contributed by atoms with Crippen molar-refractivity contribution in [1.82, 2.24) is 4.72 Å². The molecule has 3 N–H and O–H groups in total. The zero-order valence-corrected chi connectivity index (χ0v) is 9.33. The maximum absolute atomic E-state index is 10.9. The Morgan fingerprint density at radius 1 is 1.31 bits per heavy atom. The lowest BCUT2D eigenvalue weighted by Crippen LogP contribution is -2.48. The summed E-state index contributed by atoms with van der Waals surface area (Å²) in [6.45, 7) is 0. The number of halogens is 1. The first kappa shape index (κ1) is 13.2. The van der Waals surface area contributed by atoms with E-state index in [1.165, 1.54) is 6.26 Å². The number of hydrogen-bond donors (Lipinski definition) is 2. The predicted octanol–water partition coefficient (Wildman–Crippen LogP) is 0.227. The molecule has 0 aliphatic heterocycles. The van der Waals surface area contributed by atoms with Crippen molar-refractivity contribution in [2.45, 2.75) is 37.8 Å². The molecule has 13 heavy (non-hydrogen) atoms. The lowest BCUT2D eigenvalue weighted by molar-refractivity contribution is 0.361. The molecule has 1 aliphatic rings. The van der Waals surface area contributed by atoms with Crippen LogP contribution < -0.4 is 10.5 Å². The van der Waals surface area contributed by atoms with E-state index in [9.17, 15) is 8.42 Å². The zero-order valence-electron chi connectivity index (χ0n) is 7.69. The van der Waals surface area contributed by atoms with Gasteiger partial charge in [-0.2, -0.15) is 0 Å². The van der Waals surface area contributed by atoms with E-state index >= 15 is 0 Å². The highest BCUT2D eigenvalue weighted by atomic mass is 35.5. The molecule has 4 nitrogen and oxygen atoms in total. The van der Waals surface area contributed by atoms with Crippen LogP contribution >= 0.6 is 12.4 Å². The van der Waals surface area contributed by atoms with E-state index in [4.69, 9.17) is 5.73 Å². The van der Waals surface area contributed by atoms with Crippen LogP contribution in [0, 0.1) is 0 Å². The fourth-order valence-electron chi connectivity index (χ4n) is 1.58. The summed E-state index contributed by atoms with van der Waals surface area (Å²) in [5.41, 5.74) is 5.76. The second-order valence-electron chi connectivity index (χ2n) is 3.44. The van der Waals surface area contributed by atoms with Gasteiger partial charge < -0.3 is 5.73 Å². The van der Waals surface area contributed by atoms with E-state index in [2.05, 4.69) is 4.72 Å². The van der Waals surface area contributed by atoms with E-state index < -0.39 is 10.0 Å². The summed E-state index contributed by atoms with van der Waals surface area (Å²) in [5, 5.41) is 0. The molecule has 1 aliphatic carbocycles. The van der Waals surface area contributed by atoms with Gasteiger partial charge in [0, 0.05) is 12.1 Å². The Morgan fingerprint density at radius 2 is 1.85 bits per heavy atom. The molecule has 0 aromatic rings. The number of nitrogens with two attached hydrogens (primary N) is 1. The topological polar surface area (TPSA) is 72.2 Å². The van der Waals surface area contributed by atoms with Crippen LogP contribution in [0.15, 0.2) is 0 Å².